The van der Waals surface area contributed by atoms with Gasteiger partial charge in [-0.3, -0.25) is 0 Å². The highest BCUT2D eigenvalue weighted by Crippen LogP contribution is 2.30. The van der Waals surface area contributed by atoms with Crippen LogP contribution in [0, 0.1) is 0 Å². The van der Waals surface area contributed by atoms with Crippen LogP contribution in [0.15, 0.2) is 46.9 Å². The van der Waals surface area contributed by atoms with Crippen LogP contribution in [0.3, 0.4) is 0 Å². The summed E-state index contributed by atoms with van der Waals surface area (Å²) in [7, 11) is 0. The fourth-order valence-electron chi connectivity index (χ4n) is 2.50. The van der Waals surface area contributed by atoms with E-state index in [0.717, 1.165) is 16.8 Å². The summed E-state index contributed by atoms with van der Waals surface area (Å²) in [6.45, 7) is 4.85. The Balaban J connectivity index is 2.08. The number of benzene rings is 1. The highest BCUT2D eigenvalue weighted by atomic mass is 16.5. The highest BCUT2D eigenvalue weighted by Gasteiger charge is 2.19. The van der Waals surface area contributed by atoms with E-state index >= 15 is 0 Å². The summed E-state index contributed by atoms with van der Waals surface area (Å²) in [6.07, 6.45) is 0. The van der Waals surface area contributed by atoms with Crippen LogP contribution in [0.25, 0.3) is 22.4 Å². The predicted molar refractivity (Wildman–Crippen MR) is 81.3 cm³/mol. The van der Waals surface area contributed by atoms with Crippen molar-refractivity contribution in [2.45, 2.75) is 20.4 Å². The molecule has 1 aromatic carbocycles. The third kappa shape index (κ3) is 2.33. The molecule has 0 saturated heterocycles. The van der Waals surface area contributed by atoms with E-state index in [1.807, 2.05) is 47.9 Å². The molecule has 4 heteroatoms. The van der Waals surface area contributed by atoms with Crippen LogP contribution in [-0.4, -0.2) is 17.1 Å². The molecular weight excluding hydrogens is 266 g/mol. The first-order valence-electron chi connectivity index (χ1n) is 7.10. The summed E-state index contributed by atoms with van der Waals surface area (Å²) in [4.78, 5) is 12.0. The van der Waals surface area contributed by atoms with Crippen LogP contribution < -0.4 is 0 Å². The molecule has 0 spiro atoms. The topological polar surface area (TPSA) is 44.4 Å². The number of ether oxygens (including phenoxy) is 1. The molecule has 4 nitrogen and oxygen atoms in total. The summed E-state index contributed by atoms with van der Waals surface area (Å²) in [5, 5.41) is 0. The van der Waals surface area contributed by atoms with Gasteiger partial charge in [0.1, 0.15) is 11.5 Å². The van der Waals surface area contributed by atoms with Gasteiger partial charge in [-0.15, -0.1) is 0 Å². The molecule has 0 atom stereocenters. The van der Waals surface area contributed by atoms with Gasteiger partial charge in [-0.2, -0.15) is 0 Å². The number of furan rings is 1. The molecule has 108 valence electrons. The summed E-state index contributed by atoms with van der Waals surface area (Å²) in [5.41, 5.74) is 3.18. The molecule has 0 saturated carbocycles. The fourth-order valence-corrected chi connectivity index (χ4v) is 2.50. The molecule has 0 amide bonds. The number of hydrogen-bond donors (Lipinski definition) is 0. The van der Waals surface area contributed by atoms with Gasteiger partial charge in [-0.05, 0) is 13.8 Å². The predicted octanol–water partition coefficient (Wildman–Crippen LogP) is 4.10. The quantitative estimate of drug-likeness (QED) is 0.677. The molecule has 3 rings (SSSR count). The van der Waals surface area contributed by atoms with Crippen molar-refractivity contribution in [3.05, 3.63) is 48.2 Å². The molecular formula is C17H17NO3. The molecule has 3 aromatic rings. The number of aromatic nitrogens is 1. The lowest BCUT2D eigenvalue weighted by atomic mass is 10.2. The second-order valence-electron chi connectivity index (χ2n) is 4.72. The van der Waals surface area contributed by atoms with Crippen molar-refractivity contribution in [3.63, 3.8) is 0 Å². The summed E-state index contributed by atoms with van der Waals surface area (Å²) < 4.78 is 12.9. The van der Waals surface area contributed by atoms with Crippen LogP contribution in [0.1, 0.15) is 24.3 Å². The van der Waals surface area contributed by atoms with Crippen molar-refractivity contribution in [1.29, 1.82) is 0 Å². The van der Waals surface area contributed by atoms with Gasteiger partial charge in [0.25, 0.3) is 0 Å². The van der Waals surface area contributed by atoms with E-state index in [1.165, 1.54) is 0 Å². The average Bonchev–Trinajstić information content (AvgIpc) is 3.05. The number of esters is 1. The third-order valence-corrected chi connectivity index (χ3v) is 3.45. The maximum atomic E-state index is 12.0. The van der Waals surface area contributed by atoms with E-state index in [-0.39, 0.29) is 5.97 Å². The second kappa shape index (κ2) is 5.48. The second-order valence-corrected chi connectivity index (χ2v) is 4.72. The first kappa shape index (κ1) is 13.5. The Morgan fingerprint density at radius 1 is 1.19 bits per heavy atom. The van der Waals surface area contributed by atoms with Gasteiger partial charge in [-0.1, -0.05) is 30.3 Å². The zero-order chi connectivity index (χ0) is 14.8. The first-order chi connectivity index (χ1) is 10.2. The van der Waals surface area contributed by atoms with Gasteiger partial charge < -0.3 is 13.7 Å². The van der Waals surface area contributed by atoms with Crippen LogP contribution in [0.4, 0.5) is 0 Å². The first-order valence-corrected chi connectivity index (χ1v) is 7.10. The van der Waals surface area contributed by atoms with Gasteiger partial charge in [0.2, 0.25) is 0 Å². The number of fused-ring (bicyclic) bond motifs is 1. The Labute approximate surface area is 122 Å². The SMILES string of the molecule is CCOC(=O)c1cc2oc(-c3ccccc3)cc2n1CC. The largest absolute Gasteiger partial charge is 0.461 e. The summed E-state index contributed by atoms with van der Waals surface area (Å²) in [6, 6.07) is 13.6. The highest BCUT2D eigenvalue weighted by molar-refractivity contribution is 5.95. The number of hydrogen-bond acceptors (Lipinski definition) is 3. The zero-order valence-corrected chi connectivity index (χ0v) is 12.1. The van der Waals surface area contributed by atoms with E-state index in [1.54, 1.807) is 13.0 Å². The molecule has 0 N–H and O–H groups in total. The fraction of sp³-hybridized carbons (Fsp3) is 0.235. The Bertz CT molecular complexity index is 768. The molecule has 21 heavy (non-hydrogen) atoms. The van der Waals surface area contributed by atoms with Crippen molar-refractivity contribution >= 4 is 17.1 Å². The molecule has 0 aliphatic rings. The van der Waals surface area contributed by atoms with Crippen molar-refractivity contribution in [2.75, 3.05) is 6.61 Å². The van der Waals surface area contributed by atoms with E-state index < -0.39 is 0 Å². The maximum absolute atomic E-state index is 12.0. The smallest absolute Gasteiger partial charge is 0.355 e. The number of carbonyl (C=O) groups excluding carboxylic acids is 1. The van der Waals surface area contributed by atoms with Gasteiger partial charge in [-0.25, -0.2) is 4.79 Å². The van der Waals surface area contributed by atoms with Gasteiger partial charge >= 0.3 is 5.97 Å². The molecule has 0 bridgehead atoms. The van der Waals surface area contributed by atoms with Crippen molar-refractivity contribution in [1.82, 2.24) is 4.57 Å². The molecule has 0 aliphatic heterocycles. The van der Waals surface area contributed by atoms with Crippen molar-refractivity contribution in [3.8, 4) is 11.3 Å². The van der Waals surface area contributed by atoms with Crippen LogP contribution in [-0.2, 0) is 11.3 Å². The van der Waals surface area contributed by atoms with E-state index in [4.69, 9.17) is 9.15 Å². The Morgan fingerprint density at radius 3 is 2.62 bits per heavy atom. The minimum Gasteiger partial charge on any atom is -0.461 e. The maximum Gasteiger partial charge on any atom is 0.355 e. The third-order valence-electron chi connectivity index (χ3n) is 3.45. The van der Waals surface area contributed by atoms with Gasteiger partial charge in [0.15, 0.2) is 5.58 Å². The average molecular weight is 283 g/mol. The van der Waals surface area contributed by atoms with Gasteiger partial charge in [0, 0.05) is 24.2 Å². The van der Waals surface area contributed by atoms with Crippen molar-refractivity contribution < 1.29 is 13.9 Å². The Kier molecular flexibility index (Phi) is 3.52. The lowest BCUT2D eigenvalue weighted by Crippen LogP contribution is -2.11. The lowest BCUT2D eigenvalue weighted by Gasteiger charge is -2.05. The molecule has 2 aromatic heterocycles. The van der Waals surface area contributed by atoms with E-state index in [9.17, 15) is 4.79 Å². The van der Waals surface area contributed by atoms with E-state index in [0.29, 0.717) is 24.4 Å². The van der Waals surface area contributed by atoms with Crippen LogP contribution >= 0.6 is 0 Å². The van der Waals surface area contributed by atoms with Crippen LogP contribution in [0.5, 0.6) is 0 Å². The lowest BCUT2D eigenvalue weighted by molar-refractivity contribution is 0.0514. The number of carbonyl (C=O) groups is 1. The summed E-state index contributed by atoms with van der Waals surface area (Å²) in [5.74, 6) is 0.491. The minimum absolute atomic E-state index is 0.313. The Morgan fingerprint density at radius 2 is 1.95 bits per heavy atom. The molecule has 0 radical (unpaired) electrons. The molecule has 2 heterocycles. The van der Waals surface area contributed by atoms with Crippen LogP contribution in [0.2, 0.25) is 0 Å². The van der Waals surface area contributed by atoms with E-state index in [2.05, 4.69) is 0 Å². The molecule has 0 unspecified atom stereocenters. The monoisotopic (exact) mass is 283 g/mol. The molecule has 0 fully saturated rings. The number of nitrogens with zero attached hydrogens (tertiary/aromatic N) is 1. The minimum atomic E-state index is -0.313. The standard InChI is InChI=1S/C17H17NO3/c1-3-18-13-10-15(12-8-6-5-7-9-12)21-16(13)11-14(18)17(19)20-4-2/h5-11H,3-4H2,1-2H3. The van der Waals surface area contributed by atoms with Gasteiger partial charge in [0.05, 0.1) is 12.1 Å². The number of rotatable bonds is 4. The summed E-state index contributed by atoms with van der Waals surface area (Å²) >= 11 is 0. The Hall–Kier alpha value is -2.49. The zero-order valence-electron chi connectivity index (χ0n) is 12.1. The number of aryl methyl sites for hydroxylation is 1. The van der Waals surface area contributed by atoms with Crippen molar-refractivity contribution in [2.24, 2.45) is 0 Å². The normalized spacial score (nSPS) is 11.0. The molecule has 0 aliphatic carbocycles.